The van der Waals surface area contributed by atoms with Gasteiger partial charge in [0.1, 0.15) is 53.8 Å². The molecule has 0 bridgehead atoms. The number of aromatic carboxylic acids is 6. The van der Waals surface area contributed by atoms with E-state index in [0.29, 0.717) is 70.6 Å². The van der Waals surface area contributed by atoms with Crippen LogP contribution >= 0.6 is 70.6 Å². The second-order valence-corrected chi connectivity index (χ2v) is 34.3. The summed E-state index contributed by atoms with van der Waals surface area (Å²) in [4.78, 5) is 93.6. The predicted molar refractivity (Wildman–Crippen MR) is 474 cm³/mol. The number of carbonyl (C=O) groups excluding carboxylic acids is 6. The molecule has 0 aromatic carbocycles. The zero-order valence-electron chi connectivity index (χ0n) is 74.3. The Balaban J connectivity index is 0. The third-order valence-electron chi connectivity index (χ3n) is 20.4. The van der Waals surface area contributed by atoms with Crippen molar-refractivity contribution in [1.29, 1.82) is 31.6 Å². The number of rotatable bonds is 52. The van der Waals surface area contributed by atoms with E-state index in [4.69, 9.17) is 21.0 Å². The van der Waals surface area contributed by atoms with Crippen LogP contribution in [0.25, 0.3) is 45.6 Å². The van der Waals surface area contributed by atoms with Gasteiger partial charge in [0.25, 0.3) is 0 Å². The second-order valence-electron chi connectivity index (χ2n) is 29.5. The Labute approximate surface area is 809 Å². The van der Waals surface area contributed by atoms with Crippen LogP contribution in [-0.4, -0.2) is 158 Å². The van der Waals surface area contributed by atoms with Gasteiger partial charge in [0.05, 0.1) is 168 Å². The first-order valence-corrected chi connectivity index (χ1v) is 47.4. The number of nitrogens with zero attached hydrogens (tertiary/aromatic N) is 15. The summed E-state index contributed by atoms with van der Waals surface area (Å²) in [7, 11) is 0. The Morgan fingerprint density at radius 2 is 0.476 bits per heavy atom. The van der Waals surface area contributed by atoms with Gasteiger partial charge in [0.15, 0.2) is 0 Å². The largest absolute Gasteiger partial charge is 2.00 e. The molecule has 682 valence electrons. The Hall–Kier alpha value is -7.49. The predicted octanol–water partition coefficient (Wildman–Crippen LogP) is 15.0. The summed E-state index contributed by atoms with van der Waals surface area (Å²) in [5, 5.41) is 135. The van der Waals surface area contributed by atoms with Gasteiger partial charge in [0, 0.05) is 69.3 Å². The van der Waals surface area contributed by atoms with E-state index in [1.807, 2.05) is 0 Å². The number of nitriles is 6. The number of thioether (sulfide) groups is 6. The molecule has 0 unspecified atom stereocenters. The molecular weight excluding hydrogens is 1980 g/mol. The van der Waals surface area contributed by atoms with Crippen molar-refractivity contribution in [3.8, 4) is 78.0 Å². The molecule has 36 heteroatoms. The van der Waals surface area contributed by atoms with E-state index in [0.717, 1.165) is 60.9 Å². The van der Waals surface area contributed by atoms with Crippen LogP contribution in [-0.2, 0) is 58.4 Å². The van der Waals surface area contributed by atoms with E-state index in [9.17, 15) is 69.9 Å². The second kappa shape index (κ2) is 68.6. The van der Waals surface area contributed by atoms with Gasteiger partial charge in [-0.05, 0) is 173 Å². The molecule has 0 fully saturated rings. The van der Waals surface area contributed by atoms with Crippen molar-refractivity contribution in [2.24, 2.45) is 0 Å². The van der Waals surface area contributed by atoms with Crippen molar-refractivity contribution in [3.05, 3.63) is 94.3 Å². The Morgan fingerprint density at radius 3 is 0.667 bits per heavy atom. The molecule has 0 N–H and O–H groups in total. The summed E-state index contributed by atoms with van der Waals surface area (Å²) in [6, 6.07) is 8.52. The van der Waals surface area contributed by atoms with Gasteiger partial charge in [-0.2, -0.15) is 31.6 Å². The Morgan fingerprint density at radius 1 is 0.278 bits per heavy atom. The molecule has 0 radical (unpaired) electrons. The van der Waals surface area contributed by atoms with Gasteiger partial charge in [0.2, 0.25) is 0 Å². The maximum absolute atomic E-state index is 12.0. The average Bonchev–Trinajstić information content (AvgIpc) is 0.767. The summed E-state index contributed by atoms with van der Waals surface area (Å²) < 4.78 is 4.26. The quantitative estimate of drug-likeness (QED) is 0.0148. The maximum Gasteiger partial charge on any atom is 2.00 e. The molecule has 0 aliphatic carbocycles. The van der Waals surface area contributed by atoms with Crippen LogP contribution in [0.3, 0.4) is 0 Å². The van der Waals surface area contributed by atoms with Gasteiger partial charge >= 0.3 is 58.4 Å². The van der Waals surface area contributed by atoms with Crippen molar-refractivity contribution in [3.63, 3.8) is 0 Å². The summed E-state index contributed by atoms with van der Waals surface area (Å²) in [5.41, 5.74) is -4.26. The molecule has 126 heavy (non-hydrogen) atoms. The molecule has 6 heterocycles. The number of carboxylic acid groups (broad SMARTS) is 6. The van der Waals surface area contributed by atoms with E-state index < -0.39 is 58.1 Å². The Bertz CT molecular complexity index is 4220. The molecule has 27 nitrogen and oxygen atoms in total. The van der Waals surface area contributed by atoms with Crippen molar-refractivity contribution in [2.75, 3.05) is 78.5 Å². The van der Waals surface area contributed by atoms with Crippen LogP contribution in [0.1, 0.15) is 299 Å². The zero-order chi connectivity index (χ0) is 91.8. The summed E-state index contributed by atoms with van der Waals surface area (Å²) in [5.74, 6) is -9.93. The van der Waals surface area contributed by atoms with Crippen molar-refractivity contribution in [2.45, 2.75) is 267 Å². The molecular formula is C90H118N15O12Ru3S6+3. The number of thiocyanates is 6. The minimum atomic E-state index is -1.78. The van der Waals surface area contributed by atoms with Crippen LogP contribution in [0.2, 0.25) is 0 Å². The number of carbonyl (C=O) groups is 6. The fraction of sp³-hybridized carbons (Fsp3) is 0.533. The monoisotopic (exact) mass is 2100 g/mol. The first-order chi connectivity index (χ1) is 59.1. The summed E-state index contributed by atoms with van der Waals surface area (Å²) in [6.45, 7) is 45.1. The smallest absolute Gasteiger partial charge is 0.545 e. The number of quaternary nitrogens is 3. The average molecular weight is 2100 g/mol. The molecule has 0 atom stereocenters. The fourth-order valence-electron chi connectivity index (χ4n) is 13.7. The van der Waals surface area contributed by atoms with Crippen LogP contribution in [0, 0.1) is 64.0 Å². The maximum atomic E-state index is 12.0. The van der Waals surface area contributed by atoms with E-state index in [2.05, 4.69) is 113 Å². The van der Waals surface area contributed by atoms with Gasteiger partial charge < -0.3 is 72.9 Å². The molecule has 0 aliphatic rings. The van der Waals surface area contributed by atoms with Gasteiger partial charge in [-0.3, -0.25) is 9.97 Å². The van der Waals surface area contributed by atoms with Gasteiger partial charge in [-0.15, -0.1) is 0 Å². The number of aromatic nitrogens is 6. The van der Waals surface area contributed by atoms with Gasteiger partial charge in [-0.1, -0.05) is 160 Å². The topological polar surface area (TPSA) is 461 Å². The number of unbranched alkanes of at least 4 members (excludes halogenated alkanes) is 12. The third kappa shape index (κ3) is 41.1. The van der Waals surface area contributed by atoms with Crippen LogP contribution in [0.15, 0.2) is 90.6 Å². The molecule has 6 rings (SSSR count). The first kappa shape index (κ1) is 121. The number of pyridine rings is 6. The molecule has 0 aliphatic heterocycles. The van der Waals surface area contributed by atoms with E-state index in [1.165, 1.54) is 246 Å². The zero-order valence-corrected chi connectivity index (χ0v) is 84.5. The van der Waals surface area contributed by atoms with Gasteiger partial charge in [-0.25, -0.2) is 19.9 Å². The summed E-state index contributed by atoms with van der Waals surface area (Å²) in [6.07, 6.45) is 35.4. The fourth-order valence-corrected chi connectivity index (χ4v) is 17.4. The van der Waals surface area contributed by atoms with Crippen molar-refractivity contribution < 1.29 is 131 Å². The molecule has 6 aromatic rings. The minimum absolute atomic E-state index is 0. The first-order valence-electron chi connectivity index (χ1n) is 42.5. The van der Waals surface area contributed by atoms with Crippen LogP contribution in [0.5, 0.6) is 0 Å². The molecule has 6 aromatic heterocycles. The molecule has 0 saturated heterocycles. The van der Waals surface area contributed by atoms with Crippen molar-refractivity contribution >= 4 is 106 Å². The minimum Gasteiger partial charge on any atom is -0.545 e. The molecule has 0 spiro atoms. The van der Waals surface area contributed by atoms with E-state index >= 15 is 0 Å². The van der Waals surface area contributed by atoms with Crippen molar-refractivity contribution in [1.82, 2.24) is 29.9 Å². The Kier molecular flexibility index (Phi) is 65.6. The number of carboxylic acids is 6. The summed E-state index contributed by atoms with van der Waals surface area (Å²) >= 11 is 2.30. The third-order valence-corrected chi connectivity index (χ3v) is 24.6. The van der Waals surface area contributed by atoms with Crippen LogP contribution < -0.4 is 30.6 Å². The standard InChI is InChI=1S/2C21H8N6O6S3.3C16H36N.3Ru/c2*22-6-34-16-14(21(32)33)17(35-7-23)18(36-8-24)27-15(16)13-5-10(20(30)31)4-12(26-13)11-3-9(19(28)29)1-2-25-11;3*1-5-9-13-17(14-10-6-2,15-11-7-3)16-12-8-4;;;/h2*1-5H,(H,28,29)(H,30,31)(H,32,33);3*5-16H2,1-4H3;;;/q;;3*+1;3*+2/p-6. The SMILES string of the molecule is CCCC[N+](CCCC)(CCCC)CCCC.CCCC[N+](CCCC)(CCCC)CCCC.CCCC[N+](CCCC)(CCCC)CCCC.N#CSc1nc(-c2cc(C(=O)[O-])cc(-c3cc(C(=O)[O-])ccn3)n2)c(SC#N)c(C(=O)[O-])c1SC#N.N#CSc1nc(-c2cc(C(=O)[O-])cc(-c3cc(C(=O)[O-])ccn3)n2)c(SC#N)c(C(=O)[O-])c1SC#N.[Ru+2].[Ru+2].[Ru+2]. The molecule has 0 amide bonds. The number of hydrogen-bond acceptors (Lipinski definition) is 30. The van der Waals surface area contributed by atoms with E-state index in [1.54, 1.807) is 32.4 Å². The van der Waals surface area contributed by atoms with Crippen LogP contribution in [0.4, 0.5) is 0 Å². The normalized spacial score (nSPS) is 10.6. The van der Waals surface area contributed by atoms with E-state index in [-0.39, 0.29) is 145 Å². The molecule has 0 saturated carbocycles. The number of hydrogen-bond donors (Lipinski definition) is 0.